The molecule has 2 saturated heterocycles. The minimum Gasteiger partial charge on any atom is -0.507 e. The second kappa shape index (κ2) is 12.0. The summed E-state index contributed by atoms with van der Waals surface area (Å²) in [6.45, 7) is 2.30. The van der Waals surface area contributed by atoms with Crippen molar-refractivity contribution in [2.75, 3.05) is 18.6 Å². The molecule has 0 radical (unpaired) electrons. The molecule has 3 aliphatic rings. The lowest BCUT2D eigenvalue weighted by molar-refractivity contribution is -0.384. The van der Waals surface area contributed by atoms with Crippen LogP contribution in [0.15, 0.2) is 65.3 Å². The molecule has 10 nitrogen and oxygen atoms in total. The number of phenolic OH excluding ortho intramolecular Hbond substituents is 1. The molecule has 0 aromatic heterocycles. The van der Waals surface area contributed by atoms with E-state index in [1.807, 2.05) is 25.1 Å². The lowest BCUT2D eigenvalue weighted by Gasteiger charge is -2.43. The van der Waals surface area contributed by atoms with Crippen LogP contribution in [0.2, 0.25) is 6.32 Å². The van der Waals surface area contributed by atoms with Gasteiger partial charge in [0.1, 0.15) is 5.75 Å². The molecule has 2 aromatic carbocycles. The van der Waals surface area contributed by atoms with Crippen LogP contribution in [0.4, 0.5) is 11.4 Å². The van der Waals surface area contributed by atoms with E-state index in [1.165, 1.54) is 24.3 Å². The highest BCUT2D eigenvalue weighted by molar-refractivity contribution is 6.43. The number of nitro groups is 1. The number of aromatic hydroxyl groups is 1. The molecule has 5 rings (SSSR count). The van der Waals surface area contributed by atoms with Crippen LogP contribution >= 0.6 is 0 Å². The number of amides is 2. The Labute approximate surface area is 238 Å². The van der Waals surface area contributed by atoms with Gasteiger partial charge in [-0.2, -0.15) is 0 Å². The molecule has 0 spiro atoms. The van der Waals surface area contributed by atoms with Crippen molar-refractivity contribution in [3.63, 3.8) is 0 Å². The van der Waals surface area contributed by atoms with E-state index in [0.717, 1.165) is 33.6 Å². The van der Waals surface area contributed by atoms with Gasteiger partial charge >= 0.3 is 7.12 Å². The van der Waals surface area contributed by atoms with Crippen molar-refractivity contribution in [3.8, 4) is 5.75 Å². The number of nitrogens with zero attached hydrogens (tertiary/aromatic N) is 2. The number of carbonyl (C=O) groups excluding carboxylic acids is 2. The Morgan fingerprint density at radius 3 is 2.68 bits per heavy atom. The largest absolute Gasteiger partial charge is 0.507 e. The van der Waals surface area contributed by atoms with E-state index >= 15 is 0 Å². The number of ether oxygens (including phenoxy) is 1. The number of hydrogen-bond donors (Lipinski definition) is 2. The third-order valence-corrected chi connectivity index (χ3v) is 8.40. The zero-order valence-corrected chi connectivity index (χ0v) is 23.1. The Kier molecular flexibility index (Phi) is 8.39. The summed E-state index contributed by atoms with van der Waals surface area (Å²) in [5, 5.41) is 32.3. The quantitative estimate of drug-likeness (QED) is 0.150. The van der Waals surface area contributed by atoms with Crippen LogP contribution in [0.5, 0.6) is 5.75 Å². The molecule has 1 aliphatic carbocycles. The highest BCUT2D eigenvalue weighted by Crippen LogP contribution is 2.51. The number of benzene rings is 2. The number of methoxy groups -OCH3 is 1. The third kappa shape index (κ3) is 5.57. The molecule has 11 heteroatoms. The van der Waals surface area contributed by atoms with Gasteiger partial charge in [-0.1, -0.05) is 42.8 Å². The molecular weight excluding hydrogens is 527 g/mol. The zero-order valence-electron chi connectivity index (χ0n) is 23.1. The number of nitro benzene ring substituents is 1. The van der Waals surface area contributed by atoms with Crippen LogP contribution in [0.25, 0.3) is 6.08 Å². The Morgan fingerprint density at radius 1 is 1.20 bits per heavy atom. The number of carbonyl (C=O) groups is 2. The minimum absolute atomic E-state index is 0.163. The molecule has 2 aliphatic heterocycles. The van der Waals surface area contributed by atoms with Crippen LogP contribution in [-0.2, 0) is 19.0 Å². The number of rotatable bonds is 9. The fourth-order valence-corrected chi connectivity index (χ4v) is 6.57. The molecule has 41 heavy (non-hydrogen) atoms. The second-order valence-electron chi connectivity index (χ2n) is 10.8. The summed E-state index contributed by atoms with van der Waals surface area (Å²) >= 11 is 0. The lowest BCUT2D eigenvalue weighted by Crippen LogP contribution is -2.46. The molecule has 0 saturated carbocycles. The molecule has 4 atom stereocenters. The van der Waals surface area contributed by atoms with Crippen molar-refractivity contribution < 1.29 is 34.0 Å². The number of phenols is 1. The van der Waals surface area contributed by atoms with Crippen molar-refractivity contribution >= 4 is 36.4 Å². The number of fused-ring (bicyclic) bond motifs is 3. The number of non-ortho nitro benzene ring substituents is 1. The van der Waals surface area contributed by atoms with E-state index in [1.54, 1.807) is 19.2 Å². The molecule has 2 heterocycles. The van der Waals surface area contributed by atoms with Gasteiger partial charge < -0.3 is 19.5 Å². The van der Waals surface area contributed by atoms with Crippen molar-refractivity contribution in [2.24, 2.45) is 17.8 Å². The maximum absolute atomic E-state index is 13.8. The highest BCUT2D eigenvalue weighted by Gasteiger charge is 2.57. The number of para-hydroxylation sites is 1. The number of hydrogen-bond acceptors (Lipinski definition) is 8. The van der Waals surface area contributed by atoms with Crippen LogP contribution in [0, 0.1) is 27.9 Å². The van der Waals surface area contributed by atoms with Gasteiger partial charge in [-0.25, -0.2) is 4.90 Å². The molecular formula is C30H33BN2O8. The van der Waals surface area contributed by atoms with Crippen LogP contribution in [0.1, 0.15) is 38.2 Å². The summed E-state index contributed by atoms with van der Waals surface area (Å²) < 4.78 is 11.6. The Balaban J connectivity index is 1.45. The maximum atomic E-state index is 13.8. The summed E-state index contributed by atoms with van der Waals surface area (Å²) in [5.74, 6) is -2.41. The summed E-state index contributed by atoms with van der Waals surface area (Å²) in [6, 6.07) is 12.7. The normalized spacial score (nSPS) is 24.5. The first-order valence-corrected chi connectivity index (χ1v) is 13.9. The van der Waals surface area contributed by atoms with Crippen molar-refractivity contribution in [2.45, 2.75) is 45.0 Å². The summed E-state index contributed by atoms with van der Waals surface area (Å²) in [7, 11) is 0.460. The van der Waals surface area contributed by atoms with Crippen molar-refractivity contribution in [3.05, 3.63) is 80.9 Å². The topological polar surface area (TPSA) is 139 Å². The standard InChI is InChI=1S/C30H33BN2O8/c1-3-18(13-19-7-4-5-10-25(19)34)11-12-26-27-20(17-40-2)14-23-28(24(27)16-31(37)41-26)30(36)32(29(23)35)21-8-6-9-22(15-21)33(38)39/h4-10,13,15,23-24,26,28,34,37H,3,11-12,14,16-17H2,1-2H3/b18-13+/t23-,24+,26-,28-/m1/s1. The first kappa shape index (κ1) is 28.7. The van der Waals surface area contributed by atoms with E-state index in [2.05, 4.69) is 0 Å². The Morgan fingerprint density at radius 2 is 1.98 bits per heavy atom. The van der Waals surface area contributed by atoms with Gasteiger partial charge in [-0.3, -0.25) is 19.7 Å². The maximum Gasteiger partial charge on any atom is 0.455 e. The smallest absolute Gasteiger partial charge is 0.455 e. The van der Waals surface area contributed by atoms with E-state index in [9.17, 15) is 29.8 Å². The summed E-state index contributed by atoms with van der Waals surface area (Å²) in [5.41, 5.74) is 3.58. The van der Waals surface area contributed by atoms with Crippen LogP contribution < -0.4 is 4.90 Å². The molecule has 2 amide bonds. The van der Waals surface area contributed by atoms with Gasteiger partial charge in [0.05, 0.1) is 35.2 Å². The predicted octanol–water partition coefficient (Wildman–Crippen LogP) is 4.52. The first-order valence-electron chi connectivity index (χ1n) is 13.9. The molecule has 214 valence electrons. The number of imide groups is 1. The van der Waals surface area contributed by atoms with Gasteiger partial charge in [0.2, 0.25) is 11.8 Å². The fraction of sp³-hybridized carbons (Fsp3) is 0.400. The number of anilines is 1. The van der Waals surface area contributed by atoms with Gasteiger partial charge in [-0.05, 0) is 61.2 Å². The molecule has 0 bridgehead atoms. The monoisotopic (exact) mass is 560 g/mol. The van der Waals surface area contributed by atoms with Gasteiger partial charge in [0, 0.05) is 24.8 Å². The van der Waals surface area contributed by atoms with E-state index in [0.29, 0.717) is 19.3 Å². The Hall–Kier alpha value is -3.80. The Bertz CT molecular complexity index is 1420. The summed E-state index contributed by atoms with van der Waals surface area (Å²) in [4.78, 5) is 39.3. The van der Waals surface area contributed by atoms with Gasteiger partial charge in [-0.15, -0.1) is 0 Å². The molecule has 2 fully saturated rings. The highest BCUT2D eigenvalue weighted by atomic mass is 16.6. The van der Waals surface area contributed by atoms with Crippen molar-refractivity contribution in [1.82, 2.24) is 0 Å². The second-order valence-corrected chi connectivity index (χ2v) is 10.8. The van der Waals surface area contributed by atoms with Crippen LogP contribution in [-0.4, -0.2) is 53.8 Å². The summed E-state index contributed by atoms with van der Waals surface area (Å²) in [6.07, 6.45) is 3.89. The molecule has 0 unspecified atom stereocenters. The average Bonchev–Trinajstić information content (AvgIpc) is 3.21. The first-order chi connectivity index (χ1) is 19.7. The molecule has 2 N–H and O–H groups in total. The van der Waals surface area contributed by atoms with Crippen molar-refractivity contribution in [1.29, 1.82) is 0 Å². The molecule has 2 aromatic rings. The minimum atomic E-state index is -1.11. The average molecular weight is 560 g/mol. The zero-order chi connectivity index (χ0) is 29.3. The van der Waals surface area contributed by atoms with Gasteiger partial charge in [0.25, 0.3) is 5.69 Å². The third-order valence-electron chi connectivity index (χ3n) is 8.40. The lowest BCUT2D eigenvalue weighted by atomic mass is 9.58. The van der Waals surface area contributed by atoms with Gasteiger partial charge in [0.15, 0.2) is 0 Å². The van der Waals surface area contributed by atoms with E-state index in [4.69, 9.17) is 9.39 Å². The van der Waals surface area contributed by atoms with E-state index in [-0.39, 0.29) is 30.1 Å². The predicted molar refractivity (Wildman–Crippen MR) is 153 cm³/mol. The SMILES string of the molecule is CC/C(=C\c1ccccc1O)CC[C@H]1OB(O)C[C@H]2C1=C(COC)C[C@H]1C(=O)N(c3cccc([N+](=O)[O-])c3)C(=O)[C@H]12. The van der Waals surface area contributed by atoms with E-state index < -0.39 is 47.7 Å². The fourth-order valence-electron chi connectivity index (χ4n) is 6.57. The van der Waals surface area contributed by atoms with Crippen LogP contribution in [0.3, 0.4) is 0 Å². The number of allylic oxidation sites excluding steroid dienone is 1.